The lowest BCUT2D eigenvalue weighted by Gasteiger charge is -2.27. The Morgan fingerprint density at radius 2 is 1.89 bits per heavy atom. The number of benzene rings is 1. The SMILES string of the molecule is COc1cccc(CCN2CCCCC2)c1C(C)C. The molecule has 0 atom stereocenters. The highest BCUT2D eigenvalue weighted by Gasteiger charge is 2.14. The molecule has 1 aromatic rings. The first-order chi connectivity index (χ1) is 9.22. The van der Waals surface area contributed by atoms with E-state index in [2.05, 4.69) is 36.9 Å². The number of nitrogens with zero attached hydrogens (tertiary/aromatic N) is 1. The lowest BCUT2D eigenvalue weighted by Crippen LogP contribution is -2.31. The molecule has 1 aromatic carbocycles. The molecule has 0 aliphatic carbocycles. The zero-order valence-corrected chi connectivity index (χ0v) is 12.6. The van der Waals surface area contributed by atoms with Crippen LogP contribution in [0.1, 0.15) is 50.2 Å². The minimum Gasteiger partial charge on any atom is -0.496 e. The van der Waals surface area contributed by atoms with Crippen LogP contribution in [0.5, 0.6) is 5.75 Å². The summed E-state index contributed by atoms with van der Waals surface area (Å²) in [6.07, 6.45) is 5.29. The molecule has 0 spiro atoms. The second-order valence-electron chi connectivity index (χ2n) is 5.84. The van der Waals surface area contributed by atoms with Crippen molar-refractivity contribution in [3.63, 3.8) is 0 Å². The van der Waals surface area contributed by atoms with Crippen molar-refractivity contribution in [2.75, 3.05) is 26.7 Å². The second-order valence-corrected chi connectivity index (χ2v) is 5.84. The van der Waals surface area contributed by atoms with Gasteiger partial charge in [-0.1, -0.05) is 32.4 Å². The van der Waals surface area contributed by atoms with Crippen LogP contribution in [0.2, 0.25) is 0 Å². The molecule has 0 radical (unpaired) electrons. The number of methoxy groups -OCH3 is 1. The molecule has 1 fully saturated rings. The van der Waals surface area contributed by atoms with E-state index < -0.39 is 0 Å². The lowest BCUT2D eigenvalue weighted by molar-refractivity contribution is 0.231. The largest absolute Gasteiger partial charge is 0.496 e. The van der Waals surface area contributed by atoms with Gasteiger partial charge in [0.15, 0.2) is 0 Å². The highest BCUT2D eigenvalue weighted by molar-refractivity contribution is 5.42. The van der Waals surface area contributed by atoms with Crippen LogP contribution in [-0.2, 0) is 6.42 Å². The summed E-state index contributed by atoms with van der Waals surface area (Å²) in [4.78, 5) is 2.60. The lowest BCUT2D eigenvalue weighted by atomic mass is 9.94. The van der Waals surface area contributed by atoms with Gasteiger partial charge in [-0.05, 0) is 55.5 Å². The smallest absolute Gasteiger partial charge is 0.122 e. The number of hydrogen-bond donors (Lipinski definition) is 0. The first-order valence-corrected chi connectivity index (χ1v) is 7.60. The summed E-state index contributed by atoms with van der Waals surface area (Å²) in [5.41, 5.74) is 2.85. The Kier molecular flexibility index (Phi) is 5.26. The molecule has 0 unspecified atom stereocenters. The van der Waals surface area contributed by atoms with Gasteiger partial charge >= 0.3 is 0 Å². The molecule has 0 amide bonds. The minimum absolute atomic E-state index is 0.521. The average molecular weight is 261 g/mol. The van der Waals surface area contributed by atoms with Crippen molar-refractivity contribution in [2.45, 2.75) is 45.4 Å². The third-order valence-corrected chi connectivity index (χ3v) is 4.10. The molecule has 0 N–H and O–H groups in total. The van der Waals surface area contributed by atoms with Crippen molar-refractivity contribution in [3.05, 3.63) is 29.3 Å². The van der Waals surface area contributed by atoms with Crippen molar-refractivity contribution in [2.24, 2.45) is 0 Å². The maximum absolute atomic E-state index is 5.53. The fourth-order valence-corrected chi connectivity index (χ4v) is 3.10. The van der Waals surface area contributed by atoms with E-state index in [0.717, 1.165) is 12.2 Å². The zero-order valence-electron chi connectivity index (χ0n) is 12.6. The second kappa shape index (κ2) is 6.95. The van der Waals surface area contributed by atoms with E-state index in [0.29, 0.717) is 5.92 Å². The van der Waals surface area contributed by atoms with Gasteiger partial charge in [-0.2, -0.15) is 0 Å². The van der Waals surface area contributed by atoms with Gasteiger partial charge in [-0.25, -0.2) is 0 Å². The average Bonchev–Trinajstić information content (AvgIpc) is 2.45. The van der Waals surface area contributed by atoms with Crippen LogP contribution in [0.25, 0.3) is 0 Å². The topological polar surface area (TPSA) is 12.5 Å². The van der Waals surface area contributed by atoms with Gasteiger partial charge in [0.2, 0.25) is 0 Å². The summed E-state index contributed by atoms with van der Waals surface area (Å²) >= 11 is 0. The fourth-order valence-electron chi connectivity index (χ4n) is 3.10. The Bertz CT molecular complexity index is 394. The van der Waals surface area contributed by atoms with E-state index in [-0.39, 0.29) is 0 Å². The van der Waals surface area contributed by atoms with E-state index >= 15 is 0 Å². The van der Waals surface area contributed by atoms with Crippen molar-refractivity contribution in [3.8, 4) is 5.75 Å². The molecule has 2 rings (SSSR count). The van der Waals surface area contributed by atoms with Crippen LogP contribution >= 0.6 is 0 Å². The molecule has 1 heterocycles. The highest BCUT2D eigenvalue weighted by atomic mass is 16.5. The van der Waals surface area contributed by atoms with E-state index in [9.17, 15) is 0 Å². The number of piperidine rings is 1. The van der Waals surface area contributed by atoms with Gasteiger partial charge in [-0.15, -0.1) is 0 Å². The third kappa shape index (κ3) is 3.73. The Balaban J connectivity index is 2.06. The van der Waals surface area contributed by atoms with Crippen molar-refractivity contribution in [1.82, 2.24) is 4.90 Å². The van der Waals surface area contributed by atoms with Gasteiger partial charge in [0, 0.05) is 6.54 Å². The molecule has 106 valence electrons. The zero-order chi connectivity index (χ0) is 13.7. The van der Waals surface area contributed by atoms with E-state index in [4.69, 9.17) is 4.74 Å². The Labute approximate surface area is 117 Å². The van der Waals surface area contributed by atoms with Crippen molar-refractivity contribution >= 4 is 0 Å². The van der Waals surface area contributed by atoms with Crippen LogP contribution in [0.3, 0.4) is 0 Å². The maximum atomic E-state index is 5.53. The molecule has 0 saturated carbocycles. The first-order valence-electron chi connectivity index (χ1n) is 7.60. The van der Waals surface area contributed by atoms with E-state index in [1.165, 1.54) is 50.0 Å². The van der Waals surface area contributed by atoms with Gasteiger partial charge in [0.25, 0.3) is 0 Å². The van der Waals surface area contributed by atoms with E-state index in [1.807, 2.05) is 0 Å². The molecular formula is C17H27NO. The summed E-state index contributed by atoms with van der Waals surface area (Å²) in [7, 11) is 1.77. The molecule has 2 nitrogen and oxygen atoms in total. The van der Waals surface area contributed by atoms with Crippen LogP contribution in [0.15, 0.2) is 18.2 Å². The number of likely N-dealkylation sites (tertiary alicyclic amines) is 1. The molecule has 19 heavy (non-hydrogen) atoms. The van der Waals surface area contributed by atoms with Crippen molar-refractivity contribution in [1.29, 1.82) is 0 Å². The van der Waals surface area contributed by atoms with Crippen LogP contribution in [0.4, 0.5) is 0 Å². The molecule has 1 saturated heterocycles. The predicted octanol–water partition coefficient (Wildman–Crippen LogP) is 3.85. The predicted molar refractivity (Wildman–Crippen MR) is 81.1 cm³/mol. The van der Waals surface area contributed by atoms with Gasteiger partial charge in [0.1, 0.15) is 5.75 Å². The molecular weight excluding hydrogens is 234 g/mol. The Morgan fingerprint density at radius 3 is 2.53 bits per heavy atom. The third-order valence-electron chi connectivity index (χ3n) is 4.10. The highest BCUT2D eigenvalue weighted by Crippen LogP contribution is 2.30. The van der Waals surface area contributed by atoms with Crippen LogP contribution in [-0.4, -0.2) is 31.6 Å². The molecule has 0 aromatic heterocycles. The van der Waals surface area contributed by atoms with Crippen LogP contribution < -0.4 is 4.74 Å². The summed E-state index contributed by atoms with van der Waals surface area (Å²) in [6.45, 7) is 8.25. The summed E-state index contributed by atoms with van der Waals surface area (Å²) in [5.74, 6) is 1.57. The normalized spacial score (nSPS) is 16.8. The van der Waals surface area contributed by atoms with Crippen molar-refractivity contribution < 1.29 is 4.74 Å². The number of hydrogen-bond acceptors (Lipinski definition) is 2. The summed E-state index contributed by atoms with van der Waals surface area (Å²) < 4.78 is 5.53. The minimum atomic E-state index is 0.521. The standard InChI is InChI=1S/C17H27NO/c1-14(2)17-15(8-7-9-16(17)19-3)10-13-18-11-5-4-6-12-18/h7-9,14H,4-6,10-13H2,1-3H3. The molecule has 2 heteroatoms. The molecule has 1 aliphatic heterocycles. The van der Waals surface area contributed by atoms with Gasteiger partial charge in [-0.3, -0.25) is 0 Å². The number of rotatable bonds is 5. The first kappa shape index (κ1) is 14.4. The molecule has 0 bridgehead atoms. The monoisotopic (exact) mass is 261 g/mol. The van der Waals surface area contributed by atoms with E-state index in [1.54, 1.807) is 7.11 Å². The quantitative estimate of drug-likeness (QED) is 0.798. The Hall–Kier alpha value is -1.02. The van der Waals surface area contributed by atoms with Gasteiger partial charge in [0.05, 0.1) is 7.11 Å². The van der Waals surface area contributed by atoms with Crippen LogP contribution in [0, 0.1) is 0 Å². The van der Waals surface area contributed by atoms with Gasteiger partial charge < -0.3 is 9.64 Å². The maximum Gasteiger partial charge on any atom is 0.122 e. The summed E-state index contributed by atoms with van der Waals surface area (Å²) in [5, 5.41) is 0. The fraction of sp³-hybridized carbons (Fsp3) is 0.647. The Morgan fingerprint density at radius 1 is 1.16 bits per heavy atom. The summed E-state index contributed by atoms with van der Waals surface area (Å²) in [6, 6.07) is 6.47. The number of ether oxygens (including phenoxy) is 1. The molecule has 1 aliphatic rings.